The molecule has 0 aromatic heterocycles. The largest absolute Gasteiger partial charge is 0.349 e. The fourth-order valence-corrected chi connectivity index (χ4v) is 4.21. The van der Waals surface area contributed by atoms with Gasteiger partial charge in [0, 0.05) is 33.6 Å². The third kappa shape index (κ3) is 3.53. The lowest BCUT2D eigenvalue weighted by atomic mass is 9.65. The molecule has 0 aromatic carbocycles. The summed E-state index contributed by atoms with van der Waals surface area (Å²) in [5.41, 5.74) is -1.18. The molecule has 3 fully saturated rings. The fraction of sp³-hybridized carbons (Fsp3) is 0.889. The lowest BCUT2D eigenvalue weighted by Crippen LogP contribution is -2.47. The number of carbonyl (C=O) groups excluding carboxylic acids is 2. The Morgan fingerprint density at radius 2 is 1.61 bits per heavy atom. The molecule has 0 unspecified atom stereocenters. The van der Waals surface area contributed by atoms with Crippen LogP contribution in [0.4, 0.5) is 4.39 Å². The molecule has 2 aliphatic carbocycles. The molecule has 2 amide bonds. The summed E-state index contributed by atoms with van der Waals surface area (Å²) in [6.07, 6.45) is 8.03. The highest BCUT2D eigenvalue weighted by atomic mass is 19.1. The number of carbonyl (C=O) groups is 2. The van der Waals surface area contributed by atoms with E-state index in [1.54, 1.807) is 9.80 Å². The monoisotopic (exact) mass is 324 g/mol. The maximum absolute atomic E-state index is 13.9. The molecule has 0 atom stereocenters. The predicted octanol–water partition coefficient (Wildman–Crippen LogP) is 2.77. The van der Waals surface area contributed by atoms with Crippen LogP contribution in [0.2, 0.25) is 0 Å². The third-order valence-electron chi connectivity index (χ3n) is 6.31. The first-order valence-corrected chi connectivity index (χ1v) is 9.02. The minimum atomic E-state index is -1.52. The van der Waals surface area contributed by atoms with Gasteiger partial charge in [-0.1, -0.05) is 0 Å². The molecule has 1 heterocycles. The van der Waals surface area contributed by atoms with E-state index in [1.165, 1.54) is 0 Å². The van der Waals surface area contributed by atoms with Crippen molar-refractivity contribution < 1.29 is 14.0 Å². The maximum Gasteiger partial charge on any atom is 0.260 e. The molecular weight excluding hydrogens is 295 g/mol. The van der Waals surface area contributed by atoms with Crippen molar-refractivity contribution in [3.05, 3.63) is 0 Å². The quantitative estimate of drug-likeness (QED) is 0.801. The Bertz CT molecular complexity index is 469. The van der Waals surface area contributed by atoms with Gasteiger partial charge in [-0.3, -0.25) is 9.59 Å². The summed E-state index contributed by atoms with van der Waals surface area (Å²) in [7, 11) is 3.63. The van der Waals surface area contributed by atoms with Gasteiger partial charge < -0.3 is 9.80 Å². The van der Waals surface area contributed by atoms with Crippen LogP contribution in [0.1, 0.15) is 57.8 Å². The van der Waals surface area contributed by atoms with Crippen LogP contribution in [0.5, 0.6) is 0 Å². The standard InChI is InChI=1S/C18H29FN2O2/c1-20(2)15(22)13-14-3-5-17(6-4-14)9-11-21(12-10-17)16(23)18(19)7-8-18/h14H,3-13H2,1-2H3. The van der Waals surface area contributed by atoms with Crippen LogP contribution in [-0.4, -0.2) is 54.5 Å². The number of halogens is 1. The van der Waals surface area contributed by atoms with Crippen LogP contribution in [-0.2, 0) is 9.59 Å². The van der Waals surface area contributed by atoms with Gasteiger partial charge in [0.1, 0.15) is 0 Å². The summed E-state index contributed by atoms with van der Waals surface area (Å²) in [6.45, 7) is 1.43. The summed E-state index contributed by atoms with van der Waals surface area (Å²) >= 11 is 0. The Hall–Kier alpha value is -1.13. The highest BCUT2D eigenvalue weighted by Crippen LogP contribution is 2.48. The normalized spacial score (nSPS) is 26.1. The summed E-state index contributed by atoms with van der Waals surface area (Å²) in [5.74, 6) is 0.470. The van der Waals surface area contributed by atoms with Crippen molar-refractivity contribution in [1.82, 2.24) is 9.80 Å². The molecule has 1 aliphatic heterocycles. The van der Waals surface area contributed by atoms with E-state index in [0.29, 0.717) is 43.7 Å². The fourth-order valence-electron chi connectivity index (χ4n) is 4.21. The molecule has 0 radical (unpaired) electrons. The maximum atomic E-state index is 13.9. The number of rotatable bonds is 3. The first-order valence-electron chi connectivity index (χ1n) is 9.02. The van der Waals surface area contributed by atoms with Crippen LogP contribution >= 0.6 is 0 Å². The number of nitrogens with zero attached hydrogens (tertiary/aromatic N) is 2. The van der Waals surface area contributed by atoms with Gasteiger partial charge in [0.25, 0.3) is 5.91 Å². The molecule has 3 rings (SSSR count). The molecule has 23 heavy (non-hydrogen) atoms. The first kappa shape index (κ1) is 16.7. The smallest absolute Gasteiger partial charge is 0.260 e. The van der Waals surface area contributed by atoms with E-state index >= 15 is 0 Å². The van der Waals surface area contributed by atoms with Crippen LogP contribution in [0.15, 0.2) is 0 Å². The summed E-state index contributed by atoms with van der Waals surface area (Å²) in [6, 6.07) is 0. The Morgan fingerprint density at radius 3 is 2.09 bits per heavy atom. The molecule has 2 saturated carbocycles. The lowest BCUT2D eigenvalue weighted by Gasteiger charge is -2.46. The first-order chi connectivity index (χ1) is 10.8. The zero-order valence-corrected chi connectivity index (χ0v) is 14.4. The minimum absolute atomic E-state index is 0.226. The van der Waals surface area contributed by atoms with E-state index in [4.69, 9.17) is 0 Å². The average molecular weight is 324 g/mol. The number of hydrogen-bond donors (Lipinski definition) is 0. The summed E-state index contributed by atoms with van der Waals surface area (Å²) in [4.78, 5) is 27.4. The zero-order chi connectivity index (χ0) is 16.7. The topological polar surface area (TPSA) is 40.6 Å². The molecule has 1 spiro atoms. The Kier molecular flexibility index (Phi) is 4.41. The van der Waals surface area contributed by atoms with Gasteiger partial charge in [-0.2, -0.15) is 0 Å². The second-order valence-electron chi connectivity index (χ2n) is 8.19. The van der Waals surface area contributed by atoms with Gasteiger partial charge in [0.05, 0.1) is 0 Å². The van der Waals surface area contributed by atoms with Gasteiger partial charge in [-0.25, -0.2) is 4.39 Å². The van der Waals surface area contributed by atoms with Crippen LogP contribution in [0, 0.1) is 11.3 Å². The highest BCUT2D eigenvalue weighted by molar-refractivity contribution is 5.88. The van der Waals surface area contributed by atoms with Gasteiger partial charge >= 0.3 is 0 Å². The number of amides is 2. The molecule has 4 nitrogen and oxygen atoms in total. The van der Waals surface area contributed by atoms with E-state index in [2.05, 4.69) is 0 Å². The molecule has 0 N–H and O–H groups in total. The zero-order valence-electron chi connectivity index (χ0n) is 14.4. The van der Waals surface area contributed by atoms with Gasteiger partial charge in [0.15, 0.2) is 5.67 Å². The number of hydrogen-bond acceptors (Lipinski definition) is 2. The Labute approximate surface area is 138 Å². The second-order valence-corrected chi connectivity index (χ2v) is 8.19. The highest BCUT2D eigenvalue weighted by Gasteiger charge is 2.53. The van der Waals surface area contributed by atoms with Crippen molar-refractivity contribution in [3.8, 4) is 0 Å². The molecular formula is C18H29FN2O2. The molecule has 0 aromatic rings. The van der Waals surface area contributed by atoms with Crippen molar-refractivity contribution in [2.75, 3.05) is 27.2 Å². The van der Waals surface area contributed by atoms with E-state index in [1.807, 2.05) is 14.1 Å². The summed E-state index contributed by atoms with van der Waals surface area (Å²) < 4.78 is 13.9. The van der Waals surface area contributed by atoms with Crippen molar-refractivity contribution in [3.63, 3.8) is 0 Å². The lowest BCUT2D eigenvalue weighted by molar-refractivity contribution is -0.141. The van der Waals surface area contributed by atoms with Crippen LogP contribution in [0.25, 0.3) is 0 Å². The van der Waals surface area contributed by atoms with Crippen LogP contribution in [0.3, 0.4) is 0 Å². The molecule has 3 aliphatic rings. The number of likely N-dealkylation sites (tertiary alicyclic amines) is 1. The second kappa shape index (κ2) is 6.06. The number of piperidine rings is 1. The Balaban J connectivity index is 1.46. The van der Waals surface area contributed by atoms with E-state index in [9.17, 15) is 14.0 Å². The Morgan fingerprint density at radius 1 is 1.04 bits per heavy atom. The van der Waals surface area contributed by atoms with E-state index in [0.717, 1.165) is 38.5 Å². The van der Waals surface area contributed by atoms with Crippen LogP contribution < -0.4 is 0 Å². The number of alkyl halides is 1. The van der Waals surface area contributed by atoms with E-state index in [-0.39, 0.29) is 11.8 Å². The third-order valence-corrected chi connectivity index (χ3v) is 6.31. The van der Waals surface area contributed by atoms with E-state index < -0.39 is 5.67 Å². The molecule has 5 heteroatoms. The molecule has 130 valence electrons. The average Bonchev–Trinajstić information content (AvgIpc) is 3.29. The van der Waals surface area contributed by atoms with Crippen molar-refractivity contribution in [2.45, 2.75) is 63.5 Å². The SMILES string of the molecule is CN(C)C(=O)CC1CCC2(CC1)CCN(C(=O)C1(F)CC1)CC2. The van der Waals surface area contributed by atoms with Crippen molar-refractivity contribution in [2.24, 2.45) is 11.3 Å². The van der Waals surface area contributed by atoms with Gasteiger partial charge in [0.2, 0.25) is 5.91 Å². The van der Waals surface area contributed by atoms with Gasteiger partial charge in [-0.05, 0) is 62.7 Å². The minimum Gasteiger partial charge on any atom is -0.349 e. The molecule has 1 saturated heterocycles. The van der Waals surface area contributed by atoms with Crippen molar-refractivity contribution in [1.29, 1.82) is 0 Å². The molecule has 0 bridgehead atoms. The van der Waals surface area contributed by atoms with Crippen molar-refractivity contribution >= 4 is 11.8 Å². The van der Waals surface area contributed by atoms with Gasteiger partial charge in [-0.15, -0.1) is 0 Å². The summed E-state index contributed by atoms with van der Waals surface area (Å²) in [5, 5.41) is 0. The predicted molar refractivity (Wildman–Crippen MR) is 86.6 cm³/mol.